The molecule has 2 aliphatic heterocycles. The van der Waals surface area contributed by atoms with Gasteiger partial charge in [-0.2, -0.15) is 0 Å². The van der Waals surface area contributed by atoms with Crippen molar-refractivity contribution in [1.29, 1.82) is 0 Å². The van der Waals surface area contributed by atoms with Gasteiger partial charge in [0.25, 0.3) is 0 Å². The fourth-order valence-electron chi connectivity index (χ4n) is 3.70. The van der Waals surface area contributed by atoms with Crippen LogP contribution in [0.3, 0.4) is 0 Å². The van der Waals surface area contributed by atoms with Crippen LogP contribution in [0, 0.1) is 0 Å². The van der Waals surface area contributed by atoms with Gasteiger partial charge in [-0.25, -0.2) is 0 Å². The first-order chi connectivity index (χ1) is 12.7. The van der Waals surface area contributed by atoms with Crippen molar-refractivity contribution in [1.82, 2.24) is 5.32 Å². The zero-order chi connectivity index (χ0) is 18.0. The highest BCUT2D eigenvalue weighted by atomic mass is 35.5. The van der Waals surface area contributed by atoms with Crippen molar-refractivity contribution in [3.05, 3.63) is 53.1 Å². The molecule has 0 amide bonds. The Labute approximate surface area is 158 Å². The Balaban J connectivity index is 1.70. The molecular formula is C20H23ClN4O. The quantitative estimate of drug-likeness (QED) is 0.766. The minimum absolute atomic E-state index is 0.177. The number of methoxy groups -OCH3 is 1. The van der Waals surface area contributed by atoms with Gasteiger partial charge in [-0.1, -0.05) is 29.8 Å². The van der Waals surface area contributed by atoms with E-state index >= 15 is 0 Å². The molecule has 6 heteroatoms. The molecule has 2 aliphatic rings. The van der Waals surface area contributed by atoms with Crippen LogP contribution in [0.4, 0.5) is 11.4 Å². The Morgan fingerprint density at radius 3 is 2.73 bits per heavy atom. The molecular weight excluding hydrogens is 348 g/mol. The van der Waals surface area contributed by atoms with Crippen LogP contribution in [0.2, 0.25) is 5.02 Å². The predicted molar refractivity (Wildman–Crippen MR) is 108 cm³/mol. The van der Waals surface area contributed by atoms with Crippen molar-refractivity contribution in [3.8, 4) is 5.75 Å². The van der Waals surface area contributed by atoms with Crippen molar-refractivity contribution >= 4 is 28.8 Å². The molecule has 0 bridgehead atoms. The molecule has 0 unspecified atom stereocenters. The fourth-order valence-corrected chi connectivity index (χ4v) is 3.91. The van der Waals surface area contributed by atoms with Gasteiger partial charge in [-0.15, -0.1) is 0 Å². The summed E-state index contributed by atoms with van der Waals surface area (Å²) in [5, 5.41) is 11.5. The first kappa shape index (κ1) is 17.2. The van der Waals surface area contributed by atoms with Gasteiger partial charge in [0.15, 0.2) is 0 Å². The van der Waals surface area contributed by atoms with E-state index in [0.29, 0.717) is 6.54 Å². The van der Waals surface area contributed by atoms with E-state index in [1.165, 1.54) is 0 Å². The monoisotopic (exact) mass is 370 g/mol. The average molecular weight is 371 g/mol. The lowest BCUT2D eigenvalue weighted by atomic mass is 9.84. The number of benzene rings is 2. The SMILES string of the molecule is COc1cccc2c1NC(=NCc1cccc(Cl)c1)C1(CCNCC1)N2. The zero-order valence-corrected chi connectivity index (χ0v) is 15.6. The second-order valence-corrected chi connectivity index (χ2v) is 7.20. The lowest BCUT2D eigenvalue weighted by Crippen LogP contribution is -2.57. The van der Waals surface area contributed by atoms with E-state index in [1.807, 2.05) is 30.3 Å². The normalized spacial score (nSPS) is 19.5. The first-order valence-corrected chi connectivity index (χ1v) is 9.30. The summed E-state index contributed by atoms with van der Waals surface area (Å²) in [6.07, 6.45) is 1.95. The van der Waals surface area contributed by atoms with Crippen LogP contribution in [-0.4, -0.2) is 31.6 Å². The minimum atomic E-state index is -0.177. The lowest BCUT2D eigenvalue weighted by Gasteiger charge is -2.44. The molecule has 3 N–H and O–H groups in total. The number of amidine groups is 1. The maximum atomic E-state index is 6.11. The van der Waals surface area contributed by atoms with Gasteiger partial charge in [0.2, 0.25) is 0 Å². The van der Waals surface area contributed by atoms with Gasteiger partial charge in [-0.05, 0) is 55.8 Å². The summed E-state index contributed by atoms with van der Waals surface area (Å²) < 4.78 is 5.53. The number of aliphatic imine (C=N–C) groups is 1. The van der Waals surface area contributed by atoms with Gasteiger partial charge in [-0.3, -0.25) is 4.99 Å². The van der Waals surface area contributed by atoms with E-state index in [1.54, 1.807) is 7.11 Å². The molecule has 0 aliphatic carbocycles. The number of nitrogens with one attached hydrogen (secondary N) is 3. The number of hydrogen-bond donors (Lipinski definition) is 3. The second-order valence-electron chi connectivity index (χ2n) is 6.76. The van der Waals surface area contributed by atoms with E-state index in [0.717, 1.165) is 59.5 Å². The number of hydrogen-bond acceptors (Lipinski definition) is 4. The van der Waals surface area contributed by atoms with Crippen molar-refractivity contribution < 1.29 is 4.74 Å². The maximum absolute atomic E-state index is 6.11. The molecule has 2 heterocycles. The highest BCUT2D eigenvalue weighted by Gasteiger charge is 2.41. The summed E-state index contributed by atoms with van der Waals surface area (Å²) in [7, 11) is 1.69. The lowest BCUT2D eigenvalue weighted by molar-refractivity contribution is 0.410. The molecule has 2 aromatic rings. The van der Waals surface area contributed by atoms with Crippen LogP contribution in [0.1, 0.15) is 18.4 Å². The van der Waals surface area contributed by atoms with Crippen molar-refractivity contribution in [2.45, 2.75) is 24.9 Å². The van der Waals surface area contributed by atoms with Crippen LogP contribution in [0.25, 0.3) is 0 Å². The van der Waals surface area contributed by atoms with Crippen molar-refractivity contribution in [3.63, 3.8) is 0 Å². The van der Waals surface area contributed by atoms with Crippen molar-refractivity contribution in [2.24, 2.45) is 4.99 Å². The third-order valence-electron chi connectivity index (χ3n) is 5.08. The topological polar surface area (TPSA) is 57.7 Å². The summed E-state index contributed by atoms with van der Waals surface area (Å²) >= 11 is 6.11. The molecule has 0 atom stereocenters. The van der Waals surface area contributed by atoms with E-state index in [4.69, 9.17) is 21.3 Å². The maximum Gasteiger partial charge on any atom is 0.144 e. The van der Waals surface area contributed by atoms with Crippen molar-refractivity contribution in [2.75, 3.05) is 30.8 Å². The molecule has 1 fully saturated rings. The Morgan fingerprint density at radius 2 is 1.96 bits per heavy atom. The van der Waals surface area contributed by atoms with Crippen LogP contribution < -0.4 is 20.7 Å². The Hall–Kier alpha value is -2.24. The molecule has 5 nitrogen and oxygen atoms in total. The number of piperidine rings is 1. The van der Waals surface area contributed by atoms with Gasteiger partial charge in [0.1, 0.15) is 17.3 Å². The molecule has 26 heavy (non-hydrogen) atoms. The molecule has 2 aromatic carbocycles. The highest BCUT2D eigenvalue weighted by molar-refractivity contribution is 6.30. The minimum Gasteiger partial charge on any atom is -0.494 e. The summed E-state index contributed by atoms with van der Waals surface area (Å²) in [6, 6.07) is 13.9. The highest BCUT2D eigenvalue weighted by Crippen LogP contribution is 2.41. The van der Waals surface area contributed by atoms with Gasteiger partial charge in [0.05, 0.1) is 24.9 Å². The molecule has 4 rings (SSSR count). The molecule has 0 radical (unpaired) electrons. The molecule has 0 saturated carbocycles. The van der Waals surface area contributed by atoms with E-state index in [-0.39, 0.29) is 5.54 Å². The fraction of sp³-hybridized carbons (Fsp3) is 0.350. The van der Waals surface area contributed by atoms with E-state index < -0.39 is 0 Å². The van der Waals surface area contributed by atoms with E-state index in [9.17, 15) is 0 Å². The Kier molecular flexibility index (Phi) is 4.74. The first-order valence-electron chi connectivity index (χ1n) is 8.92. The number of nitrogens with zero attached hydrogens (tertiary/aromatic N) is 1. The number of ether oxygens (including phenoxy) is 1. The smallest absolute Gasteiger partial charge is 0.144 e. The number of fused-ring (bicyclic) bond motifs is 1. The van der Waals surface area contributed by atoms with Crippen LogP contribution >= 0.6 is 11.6 Å². The summed E-state index contributed by atoms with van der Waals surface area (Å²) in [5.74, 6) is 1.78. The Morgan fingerprint density at radius 1 is 1.15 bits per heavy atom. The van der Waals surface area contributed by atoms with Crippen LogP contribution in [0.15, 0.2) is 47.5 Å². The largest absolute Gasteiger partial charge is 0.494 e. The van der Waals surface area contributed by atoms with Gasteiger partial charge < -0.3 is 20.7 Å². The third kappa shape index (κ3) is 3.24. The summed E-state index contributed by atoms with van der Waals surface area (Å²) in [5.41, 5.74) is 2.93. The molecule has 1 saturated heterocycles. The van der Waals surface area contributed by atoms with Gasteiger partial charge >= 0.3 is 0 Å². The molecule has 136 valence electrons. The number of anilines is 2. The number of halogens is 1. The number of rotatable bonds is 3. The van der Waals surface area contributed by atoms with Crippen LogP contribution in [0.5, 0.6) is 5.75 Å². The summed E-state index contributed by atoms with van der Waals surface area (Å²) in [6.45, 7) is 2.51. The average Bonchev–Trinajstić information content (AvgIpc) is 2.66. The van der Waals surface area contributed by atoms with E-state index in [2.05, 4.69) is 28.1 Å². The molecule has 1 spiro atoms. The molecule has 0 aromatic heterocycles. The summed E-state index contributed by atoms with van der Waals surface area (Å²) in [4.78, 5) is 4.95. The second kappa shape index (κ2) is 7.17. The predicted octanol–water partition coefficient (Wildman–Crippen LogP) is 3.91. The standard InChI is InChI=1S/C20H23ClN4O/c1-26-17-7-3-6-16-18(17)24-19(20(25-16)8-10-22-11-9-20)23-13-14-4-2-5-15(21)12-14/h2-7,12,22,25H,8-11,13H2,1H3,(H,23,24). The number of para-hydroxylation sites is 1. The van der Waals surface area contributed by atoms with Gasteiger partial charge in [0, 0.05) is 5.02 Å². The third-order valence-corrected chi connectivity index (χ3v) is 5.32. The Bertz CT molecular complexity index is 830. The zero-order valence-electron chi connectivity index (χ0n) is 14.8. The van der Waals surface area contributed by atoms with Crippen LogP contribution in [-0.2, 0) is 6.54 Å².